The van der Waals surface area contributed by atoms with E-state index in [2.05, 4.69) is 15.3 Å². The van der Waals surface area contributed by atoms with Gasteiger partial charge in [-0.05, 0) is 49.4 Å². The molecule has 0 unspecified atom stereocenters. The lowest BCUT2D eigenvalue weighted by atomic mass is 10.2. The minimum atomic E-state index is -3.81. The van der Waals surface area contributed by atoms with E-state index in [4.69, 9.17) is 5.11 Å². The summed E-state index contributed by atoms with van der Waals surface area (Å²) in [5.74, 6) is -0.602. The van der Waals surface area contributed by atoms with E-state index in [-0.39, 0.29) is 16.1 Å². The molecule has 9 heteroatoms. The van der Waals surface area contributed by atoms with Gasteiger partial charge in [-0.15, -0.1) is 0 Å². The summed E-state index contributed by atoms with van der Waals surface area (Å²) in [5.41, 5.74) is 1.98. The fourth-order valence-electron chi connectivity index (χ4n) is 2.88. The van der Waals surface area contributed by atoms with Crippen molar-refractivity contribution >= 4 is 38.5 Å². The van der Waals surface area contributed by atoms with Crippen molar-refractivity contribution in [2.75, 3.05) is 5.32 Å². The lowest BCUT2D eigenvalue weighted by Crippen LogP contribution is -2.12. The quantitative estimate of drug-likeness (QED) is 0.520. The van der Waals surface area contributed by atoms with E-state index in [1.54, 1.807) is 42.5 Å². The molecule has 0 saturated carbocycles. The van der Waals surface area contributed by atoms with Gasteiger partial charge in [0.15, 0.2) is 5.65 Å². The van der Waals surface area contributed by atoms with E-state index in [1.165, 1.54) is 24.7 Å². The van der Waals surface area contributed by atoms with Crippen LogP contribution in [0.1, 0.15) is 15.9 Å². The van der Waals surface area contributed by atoms with Gasteiger partial charge in [0.1, 0.15) is 12.1 Å². The average Bonchev–Trinajstić information content (AvgIpc) is 3.15. The summed E-state index contributed by atoms with van der Waals surface area (Å²) in [6.45, 7) is 1.88. The second-order valence-electron chi connectivity index (χ2n) is 6.40. The van der Waals surface area contributed by atoms with Gasteiger partial charge in [-0.3, -0.25) is 0 Å². The van der Waals surface area contributed by atoms with Crippen molar-refractivity contribution in [2.24, 2.45) is 0 Å². The molecule has 0 radical (unpaired) electrons. The maximum absolute atomic E-state index is 13.0. The topological polar surface area (TPSA) is 114 Å². The molecule has 2 aromatic heterocycles. The predicted octanol–water partition coefficient (Wildman–Crippen LogP) is 3.42. The molecule has 2 heterocycles. The number of aryl methyl sites for hydroxylation is 1. The molecule has 0 aliphatic heterocycles. The highest BCUT2D eigenvalue weighted by Gasteiger charge is 2.21. The van der Waals surface area contributed by atoms with E-state index >= 15 is 0 Å². The van der Waals surface area contributed by atoms with Crippen molar-refractivity contribution < 1.29 is 18.3 Å². The Balaban J connectivity index is 1.73. The molecule has 2 N–H and O–H groups in total. The third-order valence-corrected chi connectivity index (χ3v) is 6.10. The maximum atomic E-state index is 13.0. The van der Waals surface area contributed by atoms with Crippen LogP contribution in [0, 0.1) is 6.92 Å². The molecule has 0 bridgehead atoms. The smallest absolute Gasteiger partial charge is 0.335 e. The molecule has 8 nitrogen and oxygen atoms in total. The molecule has 2 aromatic carbocycles. The number of carbonyl (C=O) groups is 1. The summed E-state index contributed by atoms with van der Waals surface area (Å²) in [6, 6.07) is 14.4. The number of nitrogens with one attached hydrogen (secondary N) is 1. The molecule has 0 atom stereocenters. The van der Waals surface area contributed by atoms with Crippen LogP contribution in [-0.2, 0) is 10.0 Å². The molecule has 0 fully saturated rings. The van der Waals surface area contributed by atoms with Gasteiger partial charge in [-0.2, -0.15) is 0 Å². The fraction of sp³-hybridized carbons (Fsp3) is 0.0500. The normalized spacial score (nSPS) is 11.5. The summed E-state index contributed by atoms with van der Waals surface area (Å²) in [4.78, 5) is 19.5. The van der Waals surface area contributed by atoms with Crippen LogP contribution in [0.15, 0.2) is 72.0 Å². The molecule has 0 saturated heterocycles. The monoisotopic (exact) mass is 408 g/mol. The van der Waals surface area contributed by atoms with Gasteiger partial charge in [-0.1, -0.05) is 17.7 Å². The van der Waals surface area contributed by atoms with E-state index in [1.807, 2.05) is 6.92 Å². The Kier molecular flexibility index (Phi) is 4.51. The summed E-state index contributed by atoms with van der Waals surface area (Å²) in [6.07, 6.45) is 2.71. The third-order valence-electron chi connectivity index (χ3n) is 4.42. The van der Waals surface area contributed by atoms with Crippen LogP contribution in [0.25, 0.3) is 11.0 Å². The van der Waals surface area contributed by atoms with Crippen molar-refractivity contribution in [2.45, 2.75) is 11.8 Å². The number of aromatic nitrogens is 3. The average molecular weight is 408 g/mol. The fourth-order valence-corrected chi connectivity index (χ4v) is 4.18. The van der Waals surface area contributed by atoms with Gasteiger partial charge in [0.2, 0.25) is 0 Å². The van der Waals surface area contributed by atoms with Crippen LogP contribution in [0.5, 0.6) is 0 Å². The van der Waals surface area contributed by atoms with Gasteiger partial charge in [0.25, 0.3) is 10.0 Å². The Morgan fingerprint density at radius 3 is 2.34 bits per heavy atom. The number of benzene rings is 2. The molecule has 0 aliphatic carbocycles. The lowest BCUT2D eigenvalue weighted by molar-refractivity contribution is 0.0697. The molecular weight excluding hydrogens is 392 g/mol. The van der Waals surface area contributed by atoms with Crippen molar-refractivity contribution in [3.8, 4) is 0 Å². The highest BCUT2D eigenvalue weighted by molar-refractivity contribution is 7.90. The van der Waals surface area contributed by atoms with E-state index < -0.39 is 16.0 Å². The van der Waals surface area contributed by atoms with Crippen molar-refractivity contribution in [1.29, 1.82) is 0 Å². The van der Waals surface area contributed by atoms with Crippen LogP contribution < -0.4 is 5.32 Å². The van der Waals surface area contributed by atoms with Gasteiger partial charge in [-0.25, -0.2) is 27.2 Å². The Labute approximate surface area is 166 Å². The molecule has 146 valence electrons. The molecule has 0 aliphatic rings. The summed E-state index contributed by atoms with van der Waals surface area (Å²) < 4.78 is 27.2. The Hall–Kier alpha value is -3.72. The second kappa shape index (κ2) is 7.02. The summed E-state index contributed by atoms with van der Waals surface area (Å²) >= 11 is 0. The maximum Gasteiger partial charge on any atom is 0.335 e. The van der Waals surface area contributed by atoms with Gasteiger partial charge in [0, 0.05) is 11.9 Å². The number of fused-ring (bicyclic) bond motifs is 1. The highest BCUT2D eigenvalue weighted by atomic mass is 32.2. The van der Waals surface area contributed by atoms with Crippen LogP contribution >= 0.6 is 0 Å². The zero-order valence-electron chi connectivity index (χ0n) is 15.3. The van der Waals surface area contributed by atoms with E-state index in [9.17, 15) is 13.2 Å². The molecule has 4 aromatic rings. The zero-order chi connectivity index (χ0) is 20.6. The minimum absolute atomic E-state index is 0.165. The number of hydrogen-bond acceptors (Lipinski definition) is 6. The Morgan fingerprint density at radius 2 is 1.69 bits per heavy atom. The van der Waals surface area contributed by atoms with Crippen LogP contribution in [-0.4, -0.2) is 33.4 Å². The first-order valence-electron chi connectivity index (χ1n) is 8.61. The highest BCUT2D eigenvalue weighted by Crippen LogP contribution is 2.27. The Bertz CT molecular complexity index is 1310. The van der Waals surface area contributed by atoms with Crippen molar-refractivity contribution in [1.82, 2.24) is 13.9 Å². The number of hydrogen-bond donors (Lipinski definition) is 2. The molecular formula is C20H16N4O4S. The van der Waals surface area contributed by atoms with E-state index in [0.29, 0.717) is 16.9 Å². The summed E-state index contributed by atoms with van der Waals surface area (Å²) in [5, 5.41) is 12.6. The first-order chi connectivity index (χ1) is 13.9. The second-order valence-corrected chi connectivity index (χ2v) is 8.21. The first kappa shape index (κ1) is 18.6. The van der Waals surface area contributed by atoms with Crippen LogP contribution in [0.4, 0.5) is 11.5 Å². The van der Waals surface area contributed by atoms with Gasteiger partial charge in [0.05, 0.1) is 15.8 Å². The molecule has 0 amide bonds. The molecule has 29 heavy (non-hydrogen) atoms. The van der Waals surface area contributed by atoms with Crippen molar-refractivity contribution in [3.05, 3.63) is 78.2 Å². The third kappa shape index (κ3) is 3.43. The predicted molar refractivity (Wildman–Crippen MR) is 108 cm³/mol. The van der Waals surface area contributed by atoms with Gasteiger partial charge >= 0.3 is 5.97 Å². The van der Waals surface area contributed by atoms with E-state index in [0.717, 1.165) is 9.54 Å². The SMILES string of the molecule is Cc1ccc(S(=O)(=O)n2ccc3c(Nc4ccc(C(=O)O)cc4)ncnc32)cc1. The lowest BCUT2D eigenvalue weighted by Gasteiger charge is -2.09. The minimum Gasteiger partial charge on any atom is -0.478 e. The number of anilines is 2. The standard InChI is InChI=1S/C20H16N4O4S/c1-13-2-8-16(9-3-13)29(27,28)24-11-10-17-18(21-12-22-19(17)24)23-15-6-4-14(5-7-15)20(25)26/h2-12H,1H3,(H,25,26)(H,21,22,23). The zero-order valence-corrected chi connectivity index (χ0v) is 16.1. The number of aromatic carboxylic acids is 1. The number of carboxylic acid groups (broad SMARTS) is 1. The molecule has 0 spiro atoms. The number of nitrogens with zero attached hydrogens (tertiary/aromatic N) is 3. The largest absolute Gasteiger partial charge is 0.478 e. The molecule has 4 rings (SSSR count). The number of carboxylic acids is 1. The van der Waals surface area contributed by atoms with Crippen LogP contribution in [0.3, 0.4) is 0 Å². The number of rotatable bonds is 5. The Morgan fingerprint density at radius 1 is 1.00 bits per heavy atom. The van der Waals surface area contributed by atoms with Crippen molar-refractivity contribution in [3.63, 3.8) is 0 Å². The summed E-state index contributed by atoms with van der Waals surface area (Å²) in [7, 11) is -3.81. The van der Waals surface area contributed by atoms with Gasteiger partial charge < -0.3 is 10.4 Å². The first-order valence-corrected chi connectivity index (χ1v) is 10.0. The van der Waals surface area contributed by atoms with Crippen LogP contribution in [0.2, 0.25) is 0 Å².